The second-order valence-corrected chi connectivity index (χ2v) is 7.92. The van der Waals surface area contributed by atoms with Crippen molar-refractivity contribution in [1.82, 2.24) is 29.7 Å². The standard InChI is InChI=1S/C20H30N6O3/c1-5-25-10-7-17(22-25)20(28)24-9-6-16(13-24)26(15(4)27)11-8-18-21-19(29-23-18)12-14(2)3/h7,10,14,16H,5-6,8-9,11-13H2,1-4H3. The Hall–Kier alpha value is -2.71. The van der Waals surface area contributed by atoms with Crippen molar-refractivity contribution in [3.05, 3.63) is 29.7 Å². The van der Waals surface area contributed by atoms with E-state index in [0.717, 1.165) is 19.4 Å². The minimum atomic E-state index is -0.0836. The van der Waals surface area contributed by atoms with Gasteiger partial charge in [-0.2, -0.15) is 10.1 Å². The molecule has 0 radical (unpaired) electrons. The quantitative estimate of drug-likeness (QED) is 0.668. The van der Waals surface area contributed by atoms with Gasteiger partial charge in [-0.25, -0.2) is 0 Å². The maximum absolute atomic E-state index is 12.7. The molecule has 158 valence electrons. The number of carbonyl (C=O) groups excluding carboxylic acids is 2. The maximum atomic E-state index is 12.7. The smallest absolute Gasteiger partial charge is 0.274 e. The van der Waals surface area contributed by atoms with Crippen molar-refractivity contribution < 1.29 is 14.1 Å². The molecule has 1 unspecified atom stereocenters. The largest absolute Gasteiger partial charge is 0.339 e. The van der Waals surface area contributed by atoms with E-state index in [9.17, 15) is 9.59 Å². The highest BCUT2D eigenvalue weighted by Gasteiger charge is 2.33. The monoisotopic (exact) mass is 402 g/mol. The van der Waals surface area contributed by atoms with Gasteiger partial charge in [-0.15, -0.1) is 0 Å². The number of amides is 2. The van der Waals surface area contributed by atoms with Gasteiger partial charge in [0.05, 0.1) is 6.04 Å². The minimum Gasteiger partial charge on any atom is -0.339 e. The Bertz CT molecular complexity index is 843. The van der Waals surface area contributed by atoms with Gasteiger partial charge in [0.25, 0.3) is 5.91 Å². The SMILES string of the molecule is CCn1ccc(C(=O)N2CCC(N(CCc3noc(CC(C)C)n3)C(C)=O)C2)n1. The van der Waals surface area contributed by atoms with E-state index in [-0.39, 0.29) is 17.9 Å². The van der Waals surface area contributed by atoms with Crippen molar-refractivity contribution in [2.45, 2.75) is 59.5 Å². The summed E-state index contributed by atoms with van der Waals surface area (Å²) in [6.07, 6.45) is 3.84. The first kappa shape index (κ1) is 21.0. The van der Waals surface area contributed by atoms with Gasteiger partial charge in [0.2, 0.25) is 11.8 Å². The van der Waals surface area contributed by atoms with Gasteiger partial charge >= 0.3 is 0 Å². The molecule has 2 aromatic heterocycles. The molecule has 9 nitrogen and oxygen atoms in total. The summed E-state index contributed by atoms with van der Waals surface area (Å²) in [4.78, 5) is 32.9. The van der Waals surface area contributed by atoms with Crippen molar-refractivity contribution in [1.29, 1.82) is 0 Å². The summed E-state index contributed by atoms with van der Waals surface area (Å²) in [5, 5.41) is 8.32. The topological polar surface area (TPSA) is 97.4 Å². The van der Waals surface area contributed by atoms with Crippen molar-refractivity contribution in [3.8, 4) is 0 Å². The third-order valence-corrected chi connectivity index (χ3v) is 5.15. The molecule has 0 spiro atoms. The number of nitrogens with zero attached hydrogens (tertiary/aromatic N) is 6. The molecular weight excluding hydrogens is 372 g/mol. The third-order valence-electron chi connectivity index (χ3n) is 5.15. The fraction of sp³-hybridized carbons (Fsp3) is 0.650. The highest BCUT2D eigenvalue weighted by atomic mass is 16.5. The van der Waals surface area contributed by atoms with E-state index in [2.05, 4.69) is 29.1 Å². The van der Waals surface area contributed by atoms with Gasteiger partial charge in [0.1, 0.15) is 5.69 Å². The van der Waals surface area contributed by atoms with Crippen LogP contribution in [0.4, 0.5) is 0 Å². The predicted molar refractivity (Wildman–Crippen MR) is 106 cm³/mol. The van der Waals surface area contributed by atoms with Crippen LogP contribution in [0.25, 0.3) is 0 Å². The molecular formula is C20H30N6O3. The summed E-state index contributed by atoms with van der Waals surface area (Å²) < 4.78 is 7.01. The Morgan fingerprint density at radius 3 is 2.83 bits per heavy atom. The summed E-state index contributed by atoms with van der Waals surface area (Å²) >= 11 is 0. The molecule has 3 heterocycles. The van der Waals surface area contributed by atoms with E-state index < -0.39 is 0 Å². The van der Waals surface area contributed by atoms with E-state index in [1.54, 1.807) is 28.8 Å². The molecule has 29 heavy (non-hydrogen) atoms. The molecule has 2 aromatic rings. The average Bonchev–Trinajstić information content (AvgIpc) is 3.41. The lowest BCUT2D eigenvalue weighted by atomic mass is 10.1. The normalized spacial score (nSPS) is 16.6. The molecule has 1 fully saturated rings. The molecule has 1 saturated heterocycles. The van der Waals surface area contributed by atoms with Crippen molar-refractivity contribution >= 4 is 11.8 Å². The van der Waals surface area contributed by atoms with Crippen LogP contribution in [-0.2, 0) is 24.2 Å². The predicted octanol–water partition coefficient (Wildman–Crippen LogP) is 1.79. The first-order chi connectivity index (χ1) is 13.9. The molecule has 0 N–H and O–H groups in total. The number of hydrogen-bond acceptors (Lipinski definition) is 6. The Morgan fingerprint density at radius 2 is 2.17 bits per heavy atom. The van der Waals surface area contributed by atoms with Gasteiger partial charge in [-0.3, -0.25) is 14.3 Å². The number of aromatic nitrogens is 4. The maximum Gasteiger partial charge on any atom is 0.274 e. The van der Waals surface area contributed by atoms with Crippen molar-refractivity contribution in [2.24, 2.45) is 5.92 Å². The molecule has 0 aliphatic carbocycles. The summed E-state index contributed by atoms with van der Waals surface area (Å²) in [6, 6.07) is 1.74. The van der Waals surface area contributed by atoms with Crippen LogP contribution >= 0.6 is 0 Å². The van der Waals surface area contributed by atoms with Crippen LogP contribution in [0, 0.1) is 5.92 Å². The van der Waals surface area contributed by atoms with Crippen LogP contribution < -0.4 is 0 Å². The molecule has 1 aliphatic rings. The Morgan fingerprint density at radius 1 is 1.38 bits per heavy atom. The second kappa shape index (κ2) is 9.19. The summed E-state index contributed by atoms with van der Waals surface area (Å²) in [6.45, 7) is 10.1. The van der Waals surface area contributed by atoms with Crippen LogP contribution in [0.2, 0.25) is 0 Å². The van der Waals surface area contributed by atoms with E-state index in [0.29, 0.717) is 49.4 Å². The van der Waals surface area contributed by atoms with Crippen LogP contribution in [0.3, 0.4) is 0 Å². The third kappa shape index (κ3) is 5.21. The molecule has 0 saturated carbocycles. The Labute approximate surface area is 171 Å². The lowest BCUT2D eigenvalue weighted by Crippen LogP contribution is -2.42. The Balaban J connectivity index is 1.57. The van der Waals surface area contributed by atoms with Gasteiger partial charge in [0.15, 0.2) is 5.82 Å². The lowest BCUT2D eigenvalue weighted by Gasteiger charge is -2.27. The lowest BCUT2D eigenvalue weighted by molar-refractivity contribution is -0.130. The van der Waals surface area contributed by atoms with Gasteiger partial charge in [0, 0.05) is 52.1 Å². The second-order valence-electron chi connectivity index (χ2n) is 7.92. The highest BCUT2D eigenvalue weighted by molar-refractivity contribution is 5.92. The summed E-state index contributed by atoms with van der Waals surface area (Å²) in [5.41, 5.74) is 0.450. The fourth-order valence-corrected chi connectivity index (χ4v) is 3.64. The minimum absolute atomic E-state index is 0.00764. The van der Waals surface area contributed by atoms with Gasteiger partial charge in [-0.1, -0.05) is 19.0 Å². The zero-order valence-electron chi connectivity index (χ0n) is 17.7. The number of likely N-dealkylation sites (tertiary alicyclic amines) is 1. The van der Waals surface area contributed by atoms with Gasteiger partial charge in [-0.05, 0) is 25.3 Å². The van der Waals surface area contributed by atoms with Crippen LogP contribution in [-0.4, -0.2) is 67.2 Å². The van der Waals surface area contributed by atoms with E-state index in [1.165, 1.54) is 0 Å². The zero-order valence-corrected chi connectivity index (χ0v) is 17.7. The summed E-state index contributed by atoms with van der Waals surface area (Å²) in [7, 11) is 0. The molecule has 0 aromatic carbocycles. The zero-order chi connectivity index (χ0) is 21.0. The molecule has 9 heteroatoms. The van der Waals surface area contributed by atoms with E-state index in [4.69, 9.17) is 4.52 Å². The number of aryl methyl sites for hydroxylation is 1. The number of hydrogen-bond donors (Lipinski definition) is 0. The first-order valence-electron chi connectivity index (χ1n) is 10.3. The first-order valence-corrected chi connectivity index (χ1v) is 10.3. The van der Waals surface area contributed by atoms with E-state index in [1.807, 2.05) is 11.8 Å². The molecule has 0 bridgehead atoms. The molecule has 2 amide bonds. The number of carbonyl (C=O) groups is 2. The van der Waals surface area contributed by atoms with Crippen LogP contribution in [0.15, 0.2) is 16.8 Å². The van der Waals surface area contributed by atoms with E-state index >= 15 is 0 Å². The van der Waals surface area contributed by atoms with Crippen LogP contribution in [0.1, 0.15) is 56.3 Å². The Kier molecular flexibility index (Phi) is 6.66. The van der Waals surface area contributed by atoms with Crippen molar-refractivity contribution in [2.75, 3.05) is 19.6 Å². The fourth-order valence-electron chi connectivity index (χ4n) is 3.64. The molecule has 1 atom stereocenters. The van der Waals surface area contributed by atoms with Crippen LogP contribution in [0.5, 0.6) is 0 Å². The van der Waals surface area contributed by atoms with Gasteiger partial charge < -0.3 is 14.3 Å². The molecule has 1 aliphatic heterocycles. The highest BCUT2D eigenvalue weighted by Crippen LogP contribution is 2.19. The summed E-state index contributed by atoms with van der Waals surface area (Å²) in [5.74, 6) is 1.60. The molecule has 3 rings (SSSR count). The average molecular weight is 402 g/mol. The number of rotatable bonds is 8. The van der Waals surface area contributed by atoms with Crippen molar-refractivity contribution in [3.63, 3.8) is 0 Å².